The molecule has 0 aliphatic carbocycles. The number of carbonyl (C=O) groups is 1. The fourth-order valence-corrected chi connectivity index (χ4v) is 3.71. The van der Waals surface area contributed by atoms with Crippen LogP contribution in [0, 0.1) is 10.1 Å². The van der Waals surface area contributed by atoms with E-state index in [0.717, 1.165) is 50.4 Å². The Morgan fingerprint density at radius 1 is 1.09 bits per heavy atom. The summed E-state index contributed by atoms with van der Waals surface area (Å²) < 4.78 is 38.4. The third-order valence-corrected chi connectivity index (χ3v) is 5.67. The van der Waals surface area contributed by atoms with Crippen LogP contribution in [0.25, 0.3) is 0 Å². The molecule has 0 unspecified atom stereocenters. The van der Waals surface area contributed by atoms with Gasteiger partial charge < -0.3 is 15.5 Å². The summed E-state index contributed by atoms with van der Waals surface area (Å²) in [6.07, 6.45) is -4.66. The lowest BCUT2D eigenvalue weighted by Gasteiger charge is -2.32. The van der Waals surface area contributed by atoms with Gasteiger partial charge >= 0.3 is 6.18 Å². The third-order valence-electron chi connectivity index (χ3n) is 5.67. The standard InChI is InChI=1S/C23H28F3N5O3/c1-29-9-11-30(12-10-29)16-18-4-2-3-17(13-18)15-28-22(32)7-8-27-20-6-5-19(23(24,25)26)14-21(20)31(33)34/h2-6,13-14,27H,7-12,15-16H2,1H3,(H,28,32). The molecule has 1 heterocycles. The summed E-state index contributed by atoms with van der Waals surface area (Å²) in [6.45, 7) is 5.35. The van der Waals surface area contributed by atoms with Crippen molar-refractivity contribution in [2.45, 2.75) is 25.7 Å². The fraction of sp³-hybridized carbons (Fsp3) is 0.435. The van der Waals surface area contributed by atoms with Crippen LogP contribution in [-0.4, -0.2) is 60.4 Å². The largest absolute Gasteiger partial charge is 0.416 e. The summed E-state index contributed by atoms with van der Waals surface area (Å²) in [5, 5.41) is 16.6. The lowest BCUT2D eigenvalue weighted by molar-refractivity contribution is -0.384. The van der Waals surface area contributed by atoms with Crippen molar-refractivity contribution < 1.29 is 22.9 Å². The molecule has 1 amide bonds. The van der Waals surface area contributed by atoms with E-state index in [2.05, 4.69) is 39.6 Å². The van der Waals surface area contributed by atoms with Crippen molar-refractivity contribution >= 4 is 17.3 Å². The van der Waals surface area contributed by atoms with Gasteiger partial charge in [0, 0.05) is 58.3 Å². The molecule has 1 fully saturated rings. The number of rotatable bonds is 9. The molecule has 1 aliphatic rings. The zero-order valence-electron chi connectivity index (χ0n) is 18.9. The number of carbonyl (C=O) groups excluding carboxylic acids is 1. The number of anilines is 1. The number of benzene rings is 2. The van der Waals surface area contributed by atoms with Crippen molar-refractivity contribution in [3.05, 3.63) is 69.3 Å². The summed E-state index contributed by atoms with van der Waals surface area (Å²) in [7, 11) is 2.11. The molecule has 184 valence electrons. The van der Waals surface area contributed by atoms with E-state index in [1.165, 1.54) is 5.56 Å². The van der Waals surface area contributed by atoms with Crippen molar-refractivity contribution in [3.8, 4) is 0 Å². The van der Waals surface area contributed by atoms with E-state index in [9.17, 15) is 28.1 Å². The number of likely N-dealkylation sites (N-methyl/N-ethyl adjacent to an activating group) is 1. The van der Waals surface area contributed by atoms with Crippen molar-refractivity contribution in [1.29, 1.82) is 0 Å². The van der Waals surface area contributed by atoms with Crippen molar-refractivity contribution in [3.63, 3.8) is 0 Å². The Morgan fingerprint density at radius 3 is 2.47 bits per heavy atom. The van der Waals surface area contributed by atoms with E-state index in [0.29, 0.717) is 12.6 Å². The molecule has 3 rings (SSSR count). The minimum Gasteiger partial charge on any atom is -0.379 e. The number of hydrogen-bond donors (Lipinski definition) is 2. The Hall–Kier alpha value is -3.18. The second-order valence-corrected chi connectivity index (χ2v) is 8.34. The molecule has 2 aromatic carbocycles. The van der Waals surface area contributed by atoms with E-state index in [-0.39, 0.29) is 24.6 Å². The van der Waals surface area contributed by atoms with E-state index >= 15 is 0 Å². The number of halogens is 3. The number of piperazine rings is 1. The SMILES string of the molecule is CN1CCN(Cc2cccc(CNC(=O)CCNc3ccc(C(F)(F)F)cc3[N+](=O)[O-])c2)CC1. The highest BCUT2D eigenvalue weighted by atomic mass is 19.4. The van der Waals surface area contributed by atoms with Crippen LogP contribution in [0.1, 0.15) is 23.1 Å². The van der Waals surface area contributed by atoms with E-state index in [4.69, 9.17) is 0 Å². The second kappa shape index (κ2) is 11.3. The minimum absolute atomic E-state index is 0.0131. The van der Waals surface area contributed by atoms with Gasteiger partial charge in [-0.15, -0.1) is 0 Å². The Kier molecular flexibility index (Phi) is 8.46. The number of hydrogen-bond acceptors (Lipinski definition) is 6. The van der Waals surface area contributed by atoms with Gasteiger partial charge in [0.05, 0.1) is 10.5 Å². The first kappa shape index (κ1) is 25.4. The van der Waals surface area contributed by atoms with E-state index in [1.54, 1.807) is 0 Å². The van der Waals surface area contributed by atoms with Gasteiger partial charge in [0.15, 0.2) is 0 Å². The maximum absolute atomic E-state index is 12.8. The molecular formula is C23H28F3N5O3. The number of nitro benzene ring substituents is 1. The van der Waals surface area contributed by atoms with Gasteiger partial charge in [-0.1, -0.05) is 24.3 Å². The monoisotopic (exact) mass is 479 g/mol. The second-order valence-electron chi connectivity index (χ2n) is 8.34. The summed E-state index contributed by atoms with van der Waals surface area (Å²) in [5.41, 5.74) is 0.283. The number of amides is 1. The first-order chi connectivity index (χ1) is 16.1. The van der Waals surface area contributed by atoms with Crippen LogP contribution in [0.3, 0.4) is 0 Å². The molecule has 0 aromatic heterocycles. The van der Waals surface area contributed by atoms with Gasteiger partial charge in [-0.2, -0.15) is 13.2 Å². The lowest BCUT2D eigenvalue weighted by atomic mass is 10.1. The number of nitrogens with one attached hydrogen (secondary N) is 2. The van der Waals surface area contributed by atoms with Crippen molar-refractivity contribution in [2.75, 3.05) is 45.1 Å². The molecule has 0 saturated carbocycles. The average molecular weight is 480 g/mol. The lowest BCUT2D eigenvalue weighted by Crippen LogP contribution is -2.43. The van der Waals surface area contributed by atoms with Crippen LogP contribution in [0.4, 0.5) is 24.5 Å². The first-order valence-electron chi connectivity index (χ1n) is 11.0. The van der Waals surface area contributed by atoms with Gasteiger partial charge in [0.2, 0.25) is 5.91 Å². The van der Waals surface area contributed by atoms with E-state index in [1.807, 2.05) is 12.1 Å². The number of nitrogens with zero attached hydrogens (tertiary/aromatic N) is 3. The molecular weight excluding hydrogens is 451 g/mol. The quantitative estimate of drug-likeness (QED) is 0.423. The predicted molar refractivity (Wildman–Crippen MR) is 122 cm³/mol. The summed E-state index contributed by atoms with van der Waals surface area (Å²) >= 11 is 0. The van der Waals surface area contributed by atoms with E-state index < -0.39 is 22.4 Å². The first-order valence-corrected chi connectivity index (χ1v) is 11.0. The molecule has 0 radical (unpaired) electrons. The third kappa shape index (κ3) is 7.42. The zero-order chi connectivity index (χ0) is 24.7. The highest BCUT2D eigenvalue weighted by molar-refractivity contribution is 5.76. The topological polar surface area (TPSA) is 90.8 Å². The zero-order valence-corrected chi connectivity index (χ0v) is 18.9. The molecule has 11 heteroatoms. The van der Waals surface area contributed by atoms with Gasteiger partial charge in [0.25, 0.3) is 5.69 Å². The molecule has 1 saturated heterocycles. The Bertz CT molecular complexity index is 1010. The highest BCUT2D eigenvalue weighted by Crippen LogP contribution is 2.34. The van der Waals surface area contributed by atoms with Crippen LogP contribution >= 0.6 is 0 Å². The molecule has 2 aromatic rings. The molecule has 34 heavy (non-hydrogen) atoms. The molecule has 2 N–H and O–H groups in total. The van der Waals surface area contributed by atoms with Crippen LogP contribution < -0.4 is 10.6 Å². The fourth-order valence-electron chi connectivity index (χ4n) is 3.71. The number of alkyl halides is 3. The van der Waals surface area contributed by atoms with Crippen LogP contribution in [0.2, 0.25) is 0 Å². The maximum atomic E-state index is 12.8. The van der Waals surface area contributed by atoms with Gasteiger partial charge in [-0.3, -0.25) is 19.8 Å². The minimum atomic E-state index is -4.68. The number of nitro groups is 1. The molecule has 0 atom stereocenters. The van der Waals surface area contributed by atoms with Gasteiger partial charge in [-0.25, -0.2) is 0 Å². The summed E-state index contributed by atoms with van der Waals surface area (Å²) in [5.74, 6) is -0.272. The molecule has 1 aliphatic heterocycles. The Labute approximate surface area is 195 Å². The molecule has 8 nitrogen and oxygen atoms in total. The van der Waals surface area contributed by atoms with Crippen LogP contribution in [-0.2, 0) is 24.1 Å². The highest BCUT2D eigenvalue weighted by Gasteiger charge is 2.33. The van der Waals surface area contributed by atoms with Crippen LogP contribution in [0.15, 0.2) is 42.5 Å². The summed E-state index contributed by atoms with van der Waals surface area (Å²) in [4.78, 5) is 27.1. The smallest absolute Gasteiger partial charge is 0.379 e. The Balaban J connectivity index is 1.47. The van der Waals surface area contributed by atoms with Gasteiger partial charge in [-0.05, 0) is 30.3 Å². The predicted octanol–water partition coefficient (Wildman–Crippen LogP) is 3.48. The maximum Gasteiger partial charge on any atom is 0.416 e. The van der Waals surface area contributed by atoms with Crippen LogP contribution in [0.5, 0.6) is 0 Å². The molecule has 0 bridgehead atoms. The Morgan fingerprint density at radius 2 is 1.79 bits per heavy atom. The normalized spacial score (nSPS) is 15.2. The molecule has 0 spiro atoms. The van der Waals surface area contributed by atoms with Gasteiger partial charge in [0.1, 0.15) is 5.69 Å². The average Bonchev–Trinajstić information content (AvgIpc) is 2.79. The summed E-state index contributed by atoms with van der Waals surface area (Å²) in [6, 6.07) is 10.3. The van der Waals surface area contributed by atoms with Crippen molar-refractivity contribution in [2.24, 2.45) is 0 Å². The van der Waals surface area contributed by atoms with Crippen molar-refractivity contribution in [1.82, 2.24) is 15.1 Å².